The van der Waals surface area contributed by atoms with Crippen molar-refractivity contribution in [1.29, 1.82) is 0 Å². The zero-order valence-electron chi connectivity index (χ0n) is 13.4. The SMILES string of the molecule is Cc1ccc(C)c(NC(=O)[C@H](C)Oc2ccc(C(N)=O)cc2)c1. The second kappa shape index (κ2) is 6.96. The quantitative estimate of drug-likeness (QED) is 0.890. The van der Waals surface area contributed by atoms with E-state index in [1.807, 2.05) is 32.0 Å². The molecule has 5 heteroatoms. The van der Waals surface area contributed by atoms with Gasteiger partial charge in [-0.15, -0.1) is 0 Å². The van der Waals surface area contributed by atoms with Gasteiger partial charge in [0.25, 0.3) is 5.91 Å². The molecule has 1 atom stereocenters. The molecule has 120 valence electrons. The van der Waals surface area contributed by atoms with E-state index in [0.717, 1.165) is 16.8 Å². The maximum Gasteiger partial charge on any atom is 0.265 e. The van der Waals surface area contributed by atoms with E-state index in [-0.39, 0.29) is 5.91 Å². The summed E-state index contributed by atoms with van der Waals surface area (Å²) in [7, 11) is 0. The number of nitrogens with one attached hydrogen (secondary N) is 1. The summed E-state index contributed by atoms with van der Waals surface area (Å²) in [6, 6.07) is 12.2. The monoisotopic (exact) mass is 312 g/mol. The number of anilines is 1. The summed E-state index contributed by atoms with van der Waals surface area (Å²) in [6.07, 6.45) is -0.672. The van der Waals surface area contributed by atoms with Crippen LogP contribution in [0.4, 0.5) is 5.69 Å². The van der Waals surface area contributed by atoms with E-state index >= 15 is 0 Å². The van der Waals surface area contributed by atoms with Crippen LogP contribution in [0.3, 0.4) is 0 Å². The number of aryl methyl sites for hydroxylation is 2. The van der Waals surface area contributed by atoms with Gasteiger partial charge in [-0.1, -0.05) is 12.1 Å². The fraction of sp³-hybridized carbons (Fsp3) is 0.222. The van der Waals surface area contributed by atoms with Crippen LogP contribution < -0.4 is 15.8 Å². The zero-order chi connectivity index (χ0) is 17.0. The fourth-order valence-electron chi connectivity index (χ4n) is 2.06. The maximum absolute atomic E-state index is 12.2. The van der Waals surface area contributed by atoms with Crippen molar-refractivity contribution in [2.24, 2.45) is 5.73 Å². The first kappa shape index (κ1) is 16.5. The van der Waals surface area contributed by atoms with Crippen LogP contribution in [0.5, 0.6) is 5.75 Å². The number of rotatable bonds is 5. The first-order valence-corrected chi connectivity index (χ1v) is 7.31. The van der Waals surface area contributed by atoms with Gasteiger partial charge in [0.2, 0.25) is 5.91 Å². The van der Waals surface area contributed by atoms with Crippen LogP contribution in [-0.4, -0.2) is 17.9 Å². The highest BCUT2D eigenvalue weighted by Gasteiger charge is 2.16. The van der Waals surface area contributed by atoms with Crippen molar-refractivity contribution < 1.29 is 14.3 Å². The Bertz CT molecular complexity index is 724. The zero-order valence-corrected chi connectivity index (χ0v) is 13.4. The number of primary amides is 1. The number of ether oxygens (including phenoxy) is 1. The van der Waals surface area contributed by atoms with Gasteiger partial charge in [-0.2, -0.15) is 0 Å². The van der Waals surface area contributed by atoms with Crippen LogP contribution in [0.2, 0.25) is 0 Å². The summed E-state index contributed by atoms with van der Waals surface area (Å²) in [6.45, 7) is 5.57. The van der Waals surface area contributed by atoms with E-state index < -0.39 is 12.0 Å². The Kier molecular flexibility index (Phi) is 5.01. The summed E-state index contributed by atoms with van der Waals surface area (Å²) in [5.41, 5.74) is 8.41. The average Bonchev–Trinajstić information content (AvgIpc) is 2.51. The molecule has 3 N–H and O–H groups in total. The molecule has 2 amide bonds. The Balaban J connectivity index is 2.02. The van der Waals surface area contributed by atoms with Gasteiger partial charge < -0.3 is 15.8 Å². The molecule has 2 aromatic carbocycles. The standard InChI is InChI=1S/C18H20N2O3/c1-11-4-5-12(2)16(10-11)20-18(22)13(3)23-15-8-6-14(7-9-15)17(19)21/h4-10,13H,1-3H3,(H2,19,21)(H,20,22)/t13-/m0/s1. The summed E-state index contributed by atoms with van der Waals surface area (Å²) in [5.74, 6) is -0.242. The number of carbonyl (C=O) groups excluding carboxylic acids is 2. The molecule has 0 saturated heterocycles. The van der Waals surface area contributed by atoms with E-state index in [1.165, 1.54) is 0 Å². The van der Waals surface area contributed by atoms with Crippen molar-refractivity contribution in [1.82, 2.24) is 0 Å². The van der Waals surface area contributed by atoms with Crippen molar-refractivity contribution in [2.45, 2.75) is 26.9 Å². The Morgan fingerprint density at radius 3 is 2.35 bits per heavy atom. The number of hydrogen-bond acceptors (Lipinski definition) is 3. The van der Waals surface area contributed by atoms with Gasteiger partial charge >= 0.3 is 0 Å². The number of carbonyl (C=O) groups is 2. The molecular formula is C18H20N2O3. The highest BCUT2D eigenvalue weighted by Crippen LogP contribution is 2.18. The summed E-state index contributed by atoms with van der Waals surface area (Å²) in [5, 5.41) is 2.86. The molecule has 0 unspecified atom stereocenters. The molecule has 0 saturated carbocycles. The minimum Gasteiger partial charge on any atom is -0.481 e. The van der Waals surface area contributed by atoms with E-state index in [0.29, 0.717) is 11.3 Å². The Morgan fingerprint density at radius 2 is 1.74 bits per heavy atom. The summed E-state index contributed by atoms with van der Waals surface area (Å²) >= 11 is 0. The van der Waals surface area contributed by atoms with E-state index in [2.05, 4.69) is 5.32 Å². The molecule has 0 aliphatic carbocycles. The van der Waals surface area contributed by atoms with Crippen LogP contribution in [0.1, 0.15) is 28.4 Å². The molecule has 0 fully saturated rings. The molecule has 0 radical (unpaired) electrons. The number of amides is 2. The lowest BCUT2D eigenvalue weighted by molar-refractivity contribution is -0.122. The molecule has 0 spiro atoms. The predicted octanol–water partition coefficient (Wildman–Crippen LogP) is 2.81. The van der Waals surface area contributed by atoms with Gasteiger partial charge in [0, 0.05) is 11.3 Å². The number of benzene rings is 2. The Hall–Kier alpha value is -2.82. The van der Waals surface area contributed by atoms with E-state index in [9.17, 15) is 9.59 Å². The first-order valence-electron chi connectivity index (χ1n) is 7.31. The minimum atomic E-state index is -0.672. The third-order valence-electron chi connectivity index (χ3n) is 3.47. The smallest absolute Gasteiger partial charge is 0.265 e. The number of nitrogens with two attached hydrogens (primary N) is 1. The molecule has 0 bridgehead atoms. The predicted molar refractivity (Wildman–Crippen MR) is 89.6 cm³/mol. The van der Waals surface area contributed by atoms with Crippen molar-refractivity contribution in [3.8, 4) is 5.75 Å². The lowest BCUT2D eigenvalue weighted by Crippen LogP contribution is -2.30. The van der Waals surface area contributed by atoms with Gasteiger partial charge in [-0.3, -0.25) is 9.59 Å². The van der Waals surface area contributed by atoms with Crippen molar-refractivity contribution in [3.63, 3.8) is 0 Å². The van der Waals surface area contributed by atoms with Gasteiger partial charge in [-0.05, 0) is 62.2 Å². The minimum absolute atomic E-state index is 0.238. The molecule has 23 heavy (non-hydrogen) atoms. The van der Waals surface area contributed by atoms with Crippen LogP contribution in [-0.2, 0) is 4.79 Å². The molecule has 2 rings (SSSR count). The third-order valence-corrected chi connectivity index (χ3v) is 3.47. The normalized spacial score (nSPS) is 11.6. The molecule has 0 heterocycles. The highest BCUT2D eigenvalue weighted by atomic mass is 16.5. The van der Waals surface area contributed by atoms with E-state index in [1.54, 1.807) is 31.2 Å². The largest absolute Gasteiger partial charge is 0.481 e. The third kappa shape index (κ3) is 4.32. The Labute approximate surface area is 135 Å². The molecule has 5 nitrogen and oxygen atoms in total. The molecular weight excluding hydrogens is 292 g/mol. The lowest BCUT2D eigenvalue weighted by Gasteiger charge is -2.16. The first-order chi connectivity index (χ1) is 10.9. The molecule has 0 aliphatic rings. The van der Waals surface area contributed by atoms with Gasteiger partial charge in [0.05, 0.1) is 0 Å². The molecule has 2 aromatic rings. The second-order valence-corrected chi connectivity index (χ2v) is 5.46. The summed E-state index contributed by atoms with van der Waals surface area (Å²) < 4.78 is 5.59. The van der Waals surface area contributed by atoms with E-state index in [4.69, 9.17) is 10.5 Å². The van der Waals surface area contributed by atoms with Gasteiger partial charge in [0.1, 0.15) is 5.75 Å². The maximum atomic E-state index is 12.2. The average molecular weight is 312 g/mol. The Morgan fingerprint density at radius 1 is 1.09 bits per heavy atom. The van der Waals surface area contributed by atoms with Crippen molar-refractivity contribution in [3.05, 3.63) is 59.2 Å². The van der Waals surface area contributed by atoms with Gasteiger partial charge in [-0.25, -0.2) is 0 Å². The molecule has 0 aromatic heterocycles. The van der Waals surface area contributed by atoms with Crippen molar-refractivity contribution >= 4 is 17.5 Å². The number of hydrogen-bond donors (Lipinski definition) is 2. The van der Waals surface area contributed by atoms with Crippen LogP contribution in [0.15, 0.2) is 42.5 Å². The summed E-state index contributed by atoms with van der Waals surface area (Å²) in [4.78, 5) is 23.3. The second-order valence-electron chi connectivity index (χ2n) is 5.46. The molecule has 0 aliphatic heterocycles. The highest BCUT2D eigenvalue weighted by molar-refractivity contribution is 5.95. The fourth-order valence-corrected chi connectivity index (χ4v) is 2.06. The lowest BCUT2D eigenvalue weighted by atomic mass is 10.1. The van der Waals surface area contributed by atoms with Crippen LogP contribution in [0, 0.1) is 13.8 Å². The van der Waals surface area contributed by atoms with Crippen molar-refractivity contribution in [2.75, 3.05) is 5.32 Å². The van der Waals surface area contributed by atoms with Gasteiger partial charge in [0.15, 0.2) is 6.10 Å². The van der Waals surface area contributed by atoms with Crippen LogP contribution in [0.25, 0.3) is 0 Å². The van der Waals surface area contributed by atoms with Crippen LogP contribution >= 0.6 is 0 Å². The topological polar surface area (TPSA) is 81.4 Å².